The predicted molar refractivity (Wildman–Crippen MR) is 46.0 cm³/mol. The Morgan fingerprint density at radius 1 is 1.45 bits per heavy atom. The highest BCUT2D eigenvalue weighted by Gasteiger charge is 1.98. The van der Waals surface area contributed by atoms with Crippen LogP contribution in [0.4, 0.5) is 0 Å². The molecule has 0 fully saturated rings. The molecule has 0 bridgehead atoms. The van der Waals surface area contributed by atoms with Crippen molar-refractivity contribution in [2.24, 2.45) is 5.73 Å². The molecule has 2 heteroatoms. The van der Waals surface area contributed by atoms with Crippen molar-refractivity contribution >= 4 is 5.78 Å². The minimum absolute atomic E-state index is 0.276. The average Bonchev–Trinajstić information content (AvgIpc) is 2.01. The van der Waals surface area contributed by atoms with Crippen molar-refractivity contribution < 1.29 is 4.79 Å². The lowest BCUT2D eigenvalue weighted by Crippen LogP contribution is -2.03. The van der Waals surface area contributed by atoms with Crippen LogP contribution < -0.4 is 5.73 Å². The third-order valence-electron chi connectivity index (χ3n) is 1.37. The van der Waals surface area contributed by atoms with Gasteiger partial charge in [-0.05, 0) is 19.9 Å². The SMILES string of the molecule is CC#CCCC(=O)CCCN. The van der Waals surface area contributed by atoms with Crippen molar-refractivity contribution in [3.8, 4) is 11.8 Å². The first-order valence-electron chi connectivity index (χ1n) is 3.92. The first-order valence-corrected chi connectivity index (χ1v) is 3.92. The number of Topliss-reactive ketones (excluding diaryl/α,β-unsaturated/α-hetero) is 1. The number of carbonyl (C=O) groups is 1. The molecule has 0 radical (unpaired) electrons. The van der Waals surface area contributed by atoms with Gasteiger partial charge in [-0.3, -0.25) is 4.79 Å². The van der Waals surface area contributed by atoms with Crippen LogP contribution >= 0.6 is 0 Å². The molecule has 0 aliphatic rings. The molecule has 0 atom stereocenters. The molecule has 0 aromatic carbocycles. The Kier molecular flexibility index (Phi) is 6.76. The summed E-state index contributed by atoms with van der Waals surface area (Å²) in [6.07, 6.45) is 2.70. The quantitative estimate of drug-likeness (QED) is 0.601. The van der Waals surface area contributed by atoms with E-state index in [2.05, 4.69) is 11.8 Å². The molecule has 2 N–H and O–H groups in total. The van der Waals surface area contributed by atoms with Crippen LogP contribution in [0.1, 0.15) is 32.6 Å². The van der Waals surface area contributed by atoms with E-state index in [-0.39, 0.29) is 5.78 Å². The Bertz CT molecular complexity index is 164. The van der Waals surface area contributed by atoms with Crippen LogP contribution in [0.5, 0.6) is 0 Å². The van der Waals surface area contributed by atoms with E-state index in [0.29, 0.717) is 25.8 Å². The number of ketones is 1. The first kappa shape index (κ1) is 10.2. The van der Waals surface area contributed by atoms with Crippen molar-refractivity contribution in [2.75, 3.05) is 6.54 Å². The second kappa shape index (κ2) is 7.30. The average molecular weight is 153 g/mol. The molecule has 0 aliphatic heterocycles. The normalized spacial score (nSPS) is 8.55. The summed E-state index contributed by atoms with van der Waals surface area (Å²) in [5.41, 5.74) is 5.25. The minimum Gasteiger partial charge on any atom is -0.330 e. The third-order valence-corrected chi connectivity index (χ3v) is 1.37. The van der Waals surface area contributed by atoms with Crippen LogP contribution in [-0.2, 0) is 4.79 Å². The van der Waals surface area contributed by atoms with Gasteiger partial charge in [0.2, 0.25) is 0 Å². The topological polar surface area (TPSA) is 43.1 Å². The third kappa shape index (κ3) is 7.08. The van der Waals surface area contributed by atoms with Crippen LogP contribution in [0.2, 0.25) is 0 Å². The Morgan fingerprint density at radius 2 is 2.18 bits per heavy atom. The molecule has 0 aliphatic carbocycles. The molecule has 2 nitrogen and oxygen atoms in total. The van der Waals surface area contributed by atoms with Gasteiger partial charge in [-0.25, -0.2) is 0 Å². The second-order valence-corrected chi connectivity index (χ2v) is 2.36. The van der Waals surface area contributed by atoms with Crippen LogP contribution in [0.15, 0.2) is 0 Å². The molecule has 0 amide bonds. The van der Waals surface area contributed by atoms with Gasteiger partial charge in [-0.1, -0.05) is 0 Å². The zero-order valence-corrected chi connectivity index (χ0v) is 7.02. The van der Waals surface area contributed by atoms with Crippen molar-refractivity contribution in [1.82, 2.24) is 0 Å². The van der Waals surface area contributed by atoms with Gasteiger partial charge in [0.05, 0.1) is 0 Å². The van der Waals surface area contributed by atoms with Gasteiger partial charge in [0.25, 0.3) is 0 Å². The van der Waals surface area contributed by atoms with Gasteiger partial charge >= 0.3 is 0 Å². The van der Waals surface area contributed by atoms with E-state index in [0.717, 1.165) is 6.42 Å². The van der Waals surface area contributed by atoms with Crippen LogP contribution in [0.3, 0.4) is 0 Å². The van der Waals surface area contributed by atoms with Gasteiger partial charge in [0.1, 0.15) is 5.78 Å². The lowest BCUT2D eigenvalue weighted by molar-refractivity contribution is -0.119. The second-order valence-electron chi connectivity index (χ2n) is 2.36. The molecule has 0 aromatic heterocycles. The number of carbonyl (C=O) groups excluding carboxylic acids is 1. The molecule has 0 saturated heterocycles. The highest BCUT2D eigenvalue weighted by molar-refractivity contribution is 5.78. The van der Waals surface area contributed by atoms with Gasteiger partial charge in [-0.15, -0.1) is 11.8 Å². The van der Waals surface area contributed by atoms with Gasteiger partial charge in [0, 0.05) is 19.3 Å². The van der Waals surface area contributed by atoms with E-state index in [1.165, 1.54) is 0 Å². The molecule has 0 unspecified atom stereocenters. The number of hydrogen-bond acceptors (Lipinski definition) is 2. The van der Waals surface area contributed by atoms with Crippen molar-refractivity contribution in [3.05, 3.63) is 0 Å². The summed E-state index contributed by atoms with van der Waals surface area (Å²) in [4.78, 5) is 11.0. The molecule has 11 heavy (non-hydrogen) atoms. The standard InChI is InChI=1S/C9H15NO/c1-2-3-4-6-9(11)7-5-8-10/h4-8,10H2,1H3. The van der Waals surface area contributed by atoms with Gasteiger partial charge < -0.3 is 5.73 Å². The highest BCUT2D eigenvalue weighted by atomic mass is 16.1. The Balaban J connectivity index is 3.27. The Morgan fingerprint density at radius 3 is 2.73 bits per heavy atom. The van der Waals surface area contributed by atoms with Crippen molar-refractivity contribution in [1.29, 1.82) is 0 Å². The first-order chi connectivity index (χ1) is 5.31. The molecular formula is C9H15NO. The van der Waals surface area contributed by atoms with E-state index in [9.17, 15) is 4.79 Å². The summed E-state index contributed by atoms with van der Waals surface area (Å²) in [6.45, 7) is 2.38. The molecule has 62 valence electrons. The Hall–Kier alpha value is -0.810. The molecule has 0 aromatic rings. The molecule has 0 rings (SSSR count). The Labute approximate surface area is 68.2 Å². The van der Waals surface area contributed by atoms with Crippen LogP contribution in [0, 0.1) is 11.8 Å². The zero-order valence-electron chi connectivity index (χ0n) is 7.02. The number of rotatable bonds is 5. The highest BCUT2D eigenvalue weighted by Crippen LogP contribution is 1.96. The van der Waals surface area contributed by atoms with Crippen LogP contribution in [0.25, 0.3) is 0 Å². The van der Waals surface area contributed by atoms with Gasteiger partial charge in [-0.2, -0.15) is 0 Å². The zero-order chi connectivity index (χ0) is 8.53. The maximum atomic E-state index is 11.0. The molecular weight excluding hydrogens is 138 g/mol. The summed E-state index contributed by atoms with van der Waals surface area (Å²) in [5.74, 6) is 5.88. The fourth-order valence-electron chi connectivity index (χ4n) is 0.751. The minimum atomic E-state index is 0.276. The predicted octanol–water partition coefficient (Wildman–Crippen LogP) is 1.10. The molecule has 0 heterocycles. The van der Waals surface area contributed by atoms with E-state index in [4.69, 9.17) is 5.73 Å². The summed E-state index contributed by atoms with van der Waals surface area (Å²) in [7, 11) is 0. The maximum absolute atomic E-state index is 11.0. The van der Waals surface area contributed by atoms with E-state index in [1.54, 1.807) is 6.92 Å². The van der Waals surface area contributed by atoms with E-state index in [1.807, 2.05) is 0 Å². The fourth-order valence-corrected chi connectivity index (χ4v) is 0.751. The van der Waals surface area contributed by atoms with Crippen LogP contribution in [-0.4, -0.2) is 12.3 Å². The van der Waals surface area contributed by atoms with E-state index >= 15 is 0 Å². The fraction of sp³-hybridized carbons (Fsp3) is 0.667. The summed E-state index contributed by atoms with van der Waals surface area (Å²) < 4.78 is 0. The summed E-state index contributed by atoms with van der Waals surface area (Å²) >= 11 is 0. The molecule has 0 spiro atoms. The monoisotopic (exact) mass is 153 g/mol. The lowest BCUT2D eigenvalue weighted by atomic mass is 10.1. The smallest absolute Gasteiger partial charge is 0.133 e. The van der Waals surface area contributed by atoms with E-state index < -0.39 is 0 Å². The maximum Gasteiger partial charge on any atom is 0.133 e. The van der Waals surface area contributed by atoms with Crippen molar-refractivity contribution in [3.63, 3.8) is 0 Å². The molecule has 0 saturated carbocycles. The largest absolute Gasteiger partial charge is 0.330 e. The summed E-state index contributed by atoms with van der Waals surface area (Å²) in [5, 5.41) is 0. The van der Waals surface area contributed by atoms with Gasteiger partial charge in [0.15, 0.2) is 0 Å². The van der Waals surface area contributed by atoms with Crippen molar-refractivity contribution in [2.45, 2.75) is 32.6 Å². The lowest BCUT2D eigenvalue weighted by Gasteiger charge is -1.94. The summed E-state index contributed by atoms with van der Waals surface area (Å²) in [6, 6.07) is 0. The number of nitrogens with two attached hydrogens (primary N) is 1. The number of hydrogen-bond donors (Lipinski definition) is 1.